The number of hydrogen-bond donors (Lipinski definition) is 0. The van der Waals surface area contributed by atoms with Crippen molar-refractivity contribution in [1.82, 2.24) is 0 Å². The summed E-state index contributed by atoms with van der Waals surface area (Å²) in [4.78, 5) is 5.06. The van der Waals surface area contributed by atoms with Crippen molar-refractivity contribution in [3.63, 3.8) is 0 Å². The van der Waals surface area contributed by atoms with Gasteiger partial charge in [0.25, 0.3) is 0 Å². The number of furan rings is 1. The lowest BCUT2D eigenvalue weighted by atomic mass is 9.67. The molecule has 3 aliphatic rings. The highest BCUT2D eigenvalue weighted by Gasteiger charge is 2.50. The molecule has 2 aliphatic carbocycles. The first-order valence-corrected chi connectivity index (χ1v) is 22.0. The van der Waals surface area contributed by atoms with Crippen LogP contribution in [-0.2, 0) is 10.8 Å². The fourth-order valence-corrected chi connectivity index (χ4v) is 12.3. The Labute approximate surface area is 359 Å². The van der Waals surface area contributed by atoms with E-state index in [4.69, 9.17) is 4.42 Å². The number of para-hydroxylation sites is 1. The molecule has 9 aromatic carbocycles. The average Bonchev–Trinajstić information content (AvgIpc) is 3.90. The lowest BCUT2D eigenvalue weighted by Crippen LogP contribution is -2.31. The van der Waals surface area contributed by atoms with Crippen molar-refractivity contribution in [3.8, 4) is 33.4 Å². The maximum absolute atomic E-state index is 7.08. The minimum Gasteiger partial charge on any atom is -0.456 e. The van der Waals surface area contributed by atoms with Crippen molar-refractivity contribution in [2.45, 2.75) is 34.5 Å². The second kappa shape index (κ2) is 12.7. The molecule has 61 heavy (non-hydrogen) atoms. The third kappa shape index (κ3) is 4.70. The summed E-state index contributed by atoms with van der Waals surface area (Å²) in [7, 11) is 0. The maximum atomic E-state index is 7.08. The van der Waals surface area contributed by atoms with Crippen LogP contribution in [0.15, 0.2) is 214 Å². The van der Waals surface area contributed by atoms with Gasteiger partial charge in [0.15, 0.2) is 0 Å². The molecule has 0 unspecified atom stereocenters. The molecule has 2 nitrogen and oxygen atoms in total. The second-order valence-electron chi connectivity index (χ2n) is 17.2. The summed E-state index contributed by atoms with van der Waals surface area (Å²) in [5, 5.41) is 2.21. The first-order valence-electron chi connectivity index (χ1n) is 21.2. The predicted octanol–water partition coefficient (Wildman–Crippen LogP) is 15.9. The SMILES string of the molecule is CC1(C)c2ccccc2-c2cc(N(c3ccccc3-c3ccccc3)c3cccc4oc5cc6c(cc5c34)-c3ccccc3C63c4ccccc4Sc4ccccc43)ccc21. The van der Waals surface area contributed by atoms with Gasteiger partial charge in [0.05, 0.1) is 22.2 Å². The van der Waals surface area contributed by atoms with Gasteiger partial charge in [-0.25, -0.2) is 0 Å². The Morgan fingerprint density at radius 1 is 0.410 bits per heavy atom. The van der Waals surface area contributed by atoms with E-state index in [1.54, 1.807) is 0 Å². The molecule has 0 N–H and O–H groups in total. The zero-order chi connectivity index (χ0) is 40.5. The van der Waals surface area contributed by atoms with Crippen LogP contribution in [0, 0.1) is 0 Å². The quantitative estimate of drug-likeness (QED) is 0.176. The first-order chi connectivity index (χ1) is 30.0. The molecule has 10 aromatic rings. The summed E-state index contributed by atoms with van der Waals surface area (Å²) in [6, 6.07) is 74.0. The van der Waals surface area contributed by atoms with Crippen LogP contribution in [0.2, 0.25) is 0 Å². The van der Waals surface area contributed by atoms with Crippen LogP contribution in [0.1, 0.15) is 47.2 Å². The van der Waals surface area contributed by atoms with E-state index in [0.29, 0.717) is 0 Å². The van der Waals surface area contributed by atoms with Crippen molar-refractivity contribution in [2.75, 3.05) is 4.90 Å². The number of anilines is 3. The molecule has 13 rings (SSSR count). The Bertz CT molecular complexity index is 3400. The van der Waals surface area contributed by atoms with Gasteiger partial charge in [-0.15, -0.1) is 0 Å². The van der Waals surface area contributed by atoms with Gasteiger partial charge in [0.1, 0.15) is 11.2 Å². The number of hydrogen-bond acceptors (Lipinski definition) is 3. The van der Waals surface area contributed by atoms with Gasteiger partial charge in [0, 0.05) is 31.8 Å². The summed E-state index contributed by atoms with van der Waals surface area (Å²) in [5.74, 6) is 0. The van der Waals surface area contributed by atoms with Gasteiger partial charge >= 0.3 is 0 Å². The number of rotatable bonds is 4. The standard InChI is InChI=1S/C58H39NOS/c1-57(2)44-22-9-6-20-39(44)41-33-37(31-32-45(41)57)59(50-26-13-8-19-38(50)36-17-4-3-5-18-36)51-27-16-28-52-56(51)43-34-42-40-21-7-10-23-46(40)58(49(42)35-53(43)60-52)47-24-11-14-29-54(47)61-55-30-15-12-25-48(55)58/h3-35H,1-2H3. The molecule has 1 spiro atoms. The molecule has 0 amide bonds. The van der Waals surface area contributed by atoms with E-state index in [1.165, 1.54) is 76.6 Å². The lowest BCUT2D eigenvalue weighted by Gasteiger charge is -2.39. The van der Waals surface area contributed by atoms with E-state index in [9.17, 15) is 0 Å². The number of nitrogens with zero attached hydrogens (tertiary/aromatic N) is 1. The van der Waals surface area contributed by atoms with Crippen molar-refractivity contribution in [2.24, 2.45) is 0 Å². The van der Waals surface area contributed by atoms with E-state index in [-0.39, 0.29) is 5.41 Å². The highest BCUT2D eigenvalue weighted by atomic mass is 32.2. The van der Waals surface area contributed by atoms with Gasteiger partial charge in [-0.2, -0.15) is 0 Å². The Kier molecular flexibility index (Phi) is 7.25. The first kappa shape index (κ1) is 34.8. The van der Waals surface area contributed by atoms with Crippen molar-refractivity contribution < 1.29 is 4.42 Å². The highest BCUT2D eigenvalue weighted by Crippen LogP contribution is 2.63. The number of benzene rings is 9. The summed E-state index contributed by atoms with van der Waals surface area (Å²) >= 11 is 1.87. The maximum Gasteiger partial charge on any atom is 0.137 e. The molecule has 3 heteroatoms. The van der Waals surface area contributed by atoms with Crippen molar-refractivity contribution in [1.29, 1.82) is 0 Å². The fraction of sp³-hybridized carbons (Fsp3) is 0.0690. The largest absolute Gasteiger partial charge is 0.456 e. The molecule has 0 saturated heterocycles. The highest BCUT2D eigenvalue weighted by molar-refractivity contribution is 7.99. The predicted molar refractivity (Wildman–Crippen MR) is 253 cm³/mol. The van der Waals surface area contributed by atoms with Crippen LogP contribution in [0.3, 0.4) is 0 Å². The third-order valence-electron chi connectivity index (χ3n) is 13.7. The van der Waals surface area contributed by atoms with E-state index in [0.717, 1.165) is 39.0 Å². The van der Waals surface area contributed by atoms with E-state index >= 15 is 0 Å². The fourth-order valence-electron chi connectivity index (χ4n) is 11.1. The van der Waals surface area contributed by atoms with Crippen LogP contribution in [-0.4, -0.2) is 0 Å². The zero-order valence-electron chi connectivity index (χ0n) is 33.8. The van der Waals surface area contributed by atoms with Gasteiger partial charge < -0.3 is 9.32 Å². The van der Waals surface area contributed by atoms with E-state index < -0.39 is 5.41 Å². The van der Waals surface area contributed by atoms with Crippen LogP contribution in [0.25, 0.3) is 55.3 Å². The Morgan fingerprint density at radius 3 is 1.74 bits per heavy atom. The molecule has 0 saturated carbocycles. The van der Waals surface area contributed by atoms with Gasteiger partial charge in [-0.05, 0) is 116 Å². The molecule has 0 atom stereocenters. The average molecular weight is 798 g/mol. The molecule has 1 aromatic heterocycles. The summed E-state index contributed by atoms with van der Waals surface area (Å²) in [6.45, 7) is 4.70. The molecule has 1 aliphatic heterocycles. The monoisotopic (exact) mass is 797 g/mol. The Hall–Kier alpha value is -7.07. The smallest absolute Gasteiger partial charge is 0.137 e. The van der Waals surface area contributed by atoms with Crippen molar-refractivity contribution in [3.05, 3.63) is 234 Å². The number of fused-ring (bicyclic) bond motifs is 15. The van der Waals surface area contributed by atoms with Gasteiger partial charge in [0.2, 0.25) is 0 Å². The van der Waals surface area contributed by atoms with Gasteiger partial charge in [-0.1, -0.05) is 171 Å². The molecule has 288 valence electrons. The molecular weight excluding hydrogens is 759 g/mol. The third-order valence-corrected chi connectivity index (χ3v) is 14.9. The molecule has 0 fully saturated rings. The molecular formula is C58H39NOS. The topological polar surface area (TPSA) is 16.4 Å². The van der Waals surface area contributed by atoms with Crippen LogP contribution >= 0.6 is 11.8 Å². The molecule has 0 bridgehead atoms. The minimum absolute atomic E-state index is 0.0932. The summed E-state index contributed by atoms with van der Waals surface area (Å²) in [5.41, 5.74) is 19.9. The summed E-state index contributed by atoms with van der Waals surface area (Å²) < 4.78 is 7.08. The van der Waals surface area contributed by atoms with Crippen LogP contribution < -0.4 is 4.90 Å². The lowest BCUT2D eigenvalue weighted by molar-refractivity contribution is 0.660. The second-order valence-corrected chi connectivity index (χ2v) is 18.2. The van der Waals surface area contributed by atoms with Crippen LogP contribution in [0.5, 0.6) is 0 Å². The molecule has 0 radical (unpaired) electrons. The van der Waals surface area contributed by atoms with Gasteiger partial charge in [-0.3, -0.25) is 0 Å². The Balaban J connectivity index is 1.10. The Morgan fingerprint density at radius 2 is 0.984 bits per heavy atom. The minimum atomic E-state index is -0.477. The molecule has 2 heterocycles. The normalized spacial score (nSPS) is 14.6. The van der Waals surface area contributed by atoms with E-state index in [1.807, 2.05) is 11.8 Å². The summed E-state index contributed by atoms with van der Waals surface area (Å²) in [6.07, 6.45) is 0. The van der Waals surface area contributed by atoms with Crippen LogP contribution in [0.4, 0.5) is 17.1 Å². The zero-order valence-corrected chi connectivity index (χ0v) is 34.6. The van der Waals surface area contributed by atoms with Crippen molar-refractivity contribution >= 4 is 50.8 Å². The van der Waals surface area contributed by atoms with E-state index in [2.05, 4.69) is 219 Å².